The molecule has 0 unspecified atom stereocenters. The summed E-state index contributed by atoms with van der Waals surface area (Å²) in [5.41, 5.74) is 0. The zero-order valence-electron chi connectivity index (χ0n) is 14.3. The molecule has 0 aliphatic carbocycles. The summed E-state index contributed by atoms with van der Waals surface area (Å²) in [6.45, 7) is -0.141. The summed E-state index contributed by atoms with van der Waals surface area (Å²) in [5, 5.41) is 2.45. The lowest BCUT2D eigenvalue weighted by molar-refractivity contribution is -0.153. The average Bonchev–Trinajstić information content (AvgIpc) is 3.29. The van der Waals surface area contributed by atoms with E-state index in [1.165, 1.54) is 12.1 Å². The molecule has 0 aromatic heterocycles. The van der Waals surface area contributed by atoms with Crippen molar-refractivity contribution in [1.29, 1.82) is 0 Å². The lowest BCUT2D eigenvalue weighted by Gasteiger charge is -2.23. The standard InChI is InChI=1S/C16H18FN3O6S/c17-11-4-1-2-6-13(11)27(24,25)20-8-3-5-12(20)15(22)26-10-14(21)19-9-7-18-16(19)23/h1-2,4,6,12H,3,5,7-10H2,(H,18,23)/t12-/m0/s1. The highest BCUT2D eigenvalue weighted by atomic mass is 32.2. The van der Waals surface area contributed by atoms with Gasteiger partial charge in [-0.05, 0) is 25.0 Å². The number of urea groups is 1. The maximum atomic E-state index is 13.9. The van der Waals surface area contributed by atoms with E-state index < -0.39 is 51.3 Å². The van der Waals surface area contributed by atoms with Gasteiger partial charge in [-0.25, -0.2) is 17.6 Å². The molecule has 1 atom stereocenters. The number of hydrogen-bond donors (Lipinski definition) is 1. The van der Waals surface area contributed by atoms with E-state index in [1.807, 2.05) is 0 Å². The first kappa shape index (κ1) is 19.2. The van der Waals surface area contributed by atoms with Gasteiger partial charge in [-0.3, -0.25) is 14.5 Å². The molecule has 11 heteroatoms. The lowest BCUT2D eigenvalue weighted by Crippen LogP contribution is -2.43. The summed E-state index contributed by atoms with van der Waals surface area (Å²) in [5.74, 6) is -2.51. The van der Waals surface area contributed by atoms with Gasteiger partial charge in [0.05, 0.1) is 0 Å². The number of sulfonamides is 1. The maximum Gasteiger partial charge on any atom is 0.324 e. The van der Waals surface area contributed by atoms with Gasteiger partial charge in [0.15, 0.2) is 6.61 Å². The largest absolute Gasteiger partial charge is 0.454 e. The number of halogens is 1. The van der Waals surface area contributed by atoms with Crippen molar-refractivity contribution in [3.8, 4) is 0 Å². The Morgan fingerprint density at radius 2 is 2.00 bits per heavy atom. The number of esters is 1. The van der Waals surface area contributed by atoms with Gasteiger partial charge in [0.25, 0.3) is 5.91 Å². The Hall–Kier alpha value is -2.53. The van der Waals surface area contributed by atoms with E-state index >= 15 is 0 Å². The highest BCUT2D eigenvalue weighted by molar-refractivity contribution is 7.89. The summed E-state index contributed by atoms with van der Waals surface area (Å²) in [6.07, 6.45) is 0.598. The first-order valence-corrected chi connectivity index (χ1v) is 9.77. The van der Waals surface area contributed by atoms with E-state index in [0.717, 1.165) is 21.3 Å². The Labute approximate surface area is 155 Å². The van der Waals surface area contributed by atoms with Crippen molar-refractivity contribution in [2.24, 2.45) is 0 Å². The third-order valence-electron chi connectivity index (χ3n) is 4.39. The van der Waals surface area contributed by atoms with E-state index in [-0.39, 0.29) is 19.5 Å². The summed E-state index contributed by atoms with van der Waals surface area (Å²) in [7, 11) is -4.23. The Bertz CT molecular complexity index is 875. The summed E-state index contributed by atoms with van der Waals surface area (Å²) in [4.78, 5) is 36.1. The SMILES string of the molecule is O=C(OCC(=O)N1CCNC1=O)[C@@H]1CCCN1S(=O)(=O)c1ccccc1F. The summed E-state index contributed by atoms with van der Waals surface area (Å²) in [6, 6.07) is 3.19. The summed E-state index contributed by atoms with van der Waals surface area (Å²) < 4.78 is 45.2. The van der Waals surface area contributed by atoms with Crippen LogP contribution in [0.4, 0.5) is 9.18 Å². The second kappa shape index (κ2) is 7.61. The highest BCUT2D eigenvalue weighted by Gasteiger charge is 2.41. The fraction of sp³-hybridized carbons (Fsp3) is 0.438. The van der Waals surface area contributed by atoms with Gasteiger partial charge in [0.2, 0.25) is 10.0 Å². The third kappa shape index (κ3) is 3.78. The molecule has 1 aromatic carbocycles. The number of benzene rings is 1. The minimum atomic E-state index is -4.23. The van der Waals surface area contributed by atoms with E-state index in [4.69, 9.17) is 4.74 Å². The molecule has 0 spiro atoms. The molecule has 2 saturated heterocycles. The number of carbonyl (C=O) groups is 3. The van der Waals surface area contributed by atoms with Gasteiger partial charge in [0, 0.05) is 19.6 Å². The Morgan fingerprint density at radius 1 is 1.26 bits per heavy atom. The quantitative estimate of drug-likeness (QED) is 0.702. The second-order valence-corrected chi connectivity index (χ2v) is 7.95. The maximum absolute atomic E-state index is 13.9. The zero-order chi connectivity index (χ0) is 19.6. The molecule has 3 rings (SSSR count). The summed E-state index contributed by atoms with van der Waals surface area (Å²) >= 11 is 0. The highest BCUT2D eigenvalue weighted by Crippen LogP contribution is 2.28. The van der Waals surface area contributed by atoms with Crippen LogP contribution in [-0.4, -0.2) is 67.8 Å². The molecule has 146 valence electrons. The van der Waals surface area contributed by atoms with Gasteiger partial charge in [-0.1, -0.05) is 12.1 Å². The normalized spacial score (nSPS) is 20.6. The number of rotatable bonds is 5. The Kier molecular flexibility index (Phi) is 5.42. The number of carbonyl (C=O) groups excluding carboxylic acids is 3. The zero-order valence-corrected chi connectivity index (χ0v) is 15.1. The fourth-order valence-electron chi connectivity index (χ4n) is 3.06. The average molecular weight is 399 g/mol. The third-order valence-corrected chi connectivity index (χ3v) is 6.34. The number of nitrogens with one attached hydrogen (secondary N) is 1. The molecule has 2 heterocycles. The Morgan fingerprint density at radius 3 is 2.67 bits per heavy atom. The van der Waals surface area contributed by atoms with Crippen LogP contribution in [0, 0.1) is 5.82 Å². The van der Waals surface area contributed by atoms with Crippen LogP contribution in [-0.2, 0) is 24.3 Å². The first-order valence-electron chi connectivity index (χ1n) is 8.33. The van der Waals surface area contributed by atoms with Crippen molar-refractivity contribution in [3.63, 3.8) is 0 Å². The van der Waals surface area contributed by atoms with Gasteiger partial charge in [0.1, 0.15) is 16.8 Å². The number of hydrogen-bond acceptors (Lipinski definition) is 6. The van der Waals surface area contributed by atoms with Crippen LogP contribution in [0.15, 0.2) is 29.2 Å². The van der Waals surface area contributed by atoms with Crippen LogP contribution in [0.25, 0.3) is 0 Å². The van der Waals surface area contributed by atoms with Gasteiger partial charge < -0.3 is 10.1 Å². The minimum absolute atomic E-state index is 0.0406. The molecular weight excluding hydrogens is 381 g/mol. The molecule has 2 fully saturated rings. The fourth-order valence-corrected chi connectivity index (χ4v) is 4.77. The van der Waals surface area contributed by atoms with Gasteiger partial charge >= 0.3 is 12.0 Å². The number of nitrogens with zero attached hydrogens (tertiary/aromatic N) is 2. The van der Waals surface area contributed by atoms with Crippen LogP contribution in [0.2, 0.25) is 0 Å². The molecule has 0 saturated carbocycles. The van der Waals surface area contributed by atoms with Crippen LogP contribution >= 0.6 is 0 Å². The molecule has 2 aliphatic rings. The van der Waals surface area contributed by atoms with Crippen molar-refractivity contribution in [2.45, 2.75) is 23.8 Å². The molecule has 3 amide bonds. The number of imide groups is 1. The smallest absolute Gasteiger partial charge is 0.324 e. The number of ether oxygens (including phenoxy) is 1. The number of amides is 3. The van der Waals surface area contributed by atoms with Crippen molar-refractivity contribution < 1.29 is 31.9 Å². The van der Waals surface area contributed by atoms with Crippen LogP contribution in [0.1, 0.15) is 12.8 Å². The van der Waals surface area contributed by atoms with Crippen LogP contribution < -0.4 is 5.32 Å². The van der Waals surface area contributed by atoms with Crippen molar-refractivity contribution >= 4 is 27.9 Å². The van der Waals surface area contributed by atoms with E-state index in [9.17, 15) is 27.2 Å². The molecule has 2 aliphatic heterocycles. The monoisotopic (exact) mass is 399 g/mol. The van der Waals surface area contributed by atoms with Gasteiger partial charge in [-0.2, -0.15) is 4.31 Å². The van der Waals surface area contributed by atoms with Crippen molar-refractivity contribution in [2.75, 3.05) is 26.2 Å². The molecule has 27 heavy (non-hydrogen) atoms. The minimum Gasteiger partial charge on any atom is -0.454 e. The first-order chi connectivity index (χ1) is 12.8. The Balaban J connectivity index is 1.68. The molecule has 0 bridgehead atoms. The predicted molar refractivity (Wildman–Crippen MR) is 89.4 cm³/mol. The molecule has 1 N–H and O–H groups in total. The van der Waals surface area contributed by atoms with Crippen molar-refractivity contribution in [3.05, 3.63) is 30.1 Å². The van der Waals surface area contributed by atoms with E-state index in [2.05, 4.69) is 5.32 Å². The molecule has 9 nitrogen and oxygen atoms in total. The van der Waals surface area contributed by atoms with E-state index in [0.29, 0.717) is 13.0 Å². The van der Waals surface area contributed by atoms with Crippen LogP contribution in [0.3, 0.4) is 0 Å². The molecule has 1 aromatic rings. The van der Waals surface area contributed by atoms with E-state index in [1.54, 1.807) is 0 Å². The van der Waals surface area contributed by atoms with Crippen LogP contribution in [0.5, 0.6) is 0 Å². The lowest BCUT2D eigenvalue weighted by atomic mass is 10.2. The second-order valence-electron chi connectivity index (χ2n) is 6.09. The topological polar surface area (TPSA) is 113 Å². The predicted octanol–water partition coefficient (Wildman–Crippen LogP) is 0.0738. The molecule has 0 radical (unpaired) electrons. The van der Waals surface area contributed by atoms with Crippen molar-refractivity contribution in [1.82, 2.24) is 14.5 Å². The molecular formula is C16H18FN3O6S. The van der Waals surface area contributed by atoms with Gasteiger partial charge in [-0.15, -0.1) is 0 Å².